The van der Waals surface area contributed by atoms with Crippen LogP contribution in [0.5, 0.6) is 0 Å². The Morgan fingerprint density at radius 3 is 2.85 bits per heavy atom. The molecule has 1 fully saturated rings. The molecule has 2 aliphatic heterocycles. The molecule has 1 amide bonds. The number of fused-ring (bicyclic) bond motifs is 2. The second-order valence-electron chi connectivity index (χ2n) is 7.63. The maximum atomic E-state index is 13.5. The molecule has 5 heteroatoms. The predicted molar refractivity (Wildman–Crippen MR) is 104 cm³/mol. The first-order valence-electron chi connectivity index (χ1n) is 9.80. The topological polar surface area (TPSA) is 58.1 Å². The summed E-state index contributed by atoms with van der Waals surface area (Å²) < 4.78 is 1.88. The highest BCUT2D eigenvalue weighted by molar-refractivity contribution is 5.97. The first-order chi connectivity index (χ1) is 13.2. The molecule has 2 unspecified atom stereocenters. The van der Waals surface area contributed by atoms with Gasteiger partial charge in [0.1, 0.15) is 6.04 Å². The smallest absolute Gasteiger partial charge is 0.246 e. The maximum absolute atomic E-state index is 13.5. The van der Waals surface area contributed by atoms with E-state index in [2.05, 4.69) is 23.2 Å². The summed E-state index contributed by atoms with van der Waals surface area (Å²) in [4.78, 5) is 31.2. The molecule has 2 aromatic heterocycles. The number of H-pyrrole nitrogens is 1. The van der Waals surface area contributed by atoms with Crippen molar-refractivity contribution in [3.63, 3.8) is 0 Å². The number of hydrogen-bond donors (Lipinski definition) is 1. The number of aromatic nitrogens is 2. The number of carbonyl (C=O) groups is 2. The molecule has 2 aliphatic rings. The molecule has 0 spiro atoms. The largest absolute Gasteiger partial charge is 0.357 e. The first-order valence-corrected chi connectivity index (χ1v) is 9.80. The Morgan fingerprint density at radius 2 is 1.96 bits per heavy atom. The van der Waals surface area contributed by atoms with Gasteiger partial charge in [-0.2, -0.15) is 0 Å². The highest BCUT2D eigenvalue weighted by atomic mass is 16.2. The van der Waals surface area contributed by atoms with Gasteiger partial charge in [-0.1, -0.05) is 18.2 Å². The van der Waals surface area contributed by atoms with Crippen molar-refractivity contribution >= 4 is 22.6 Å². The molecule has 0 aliphatic carbocycles. The Morgan fingerprint density at radius 1 is 1.07 bits per heavy atom. The highest BCUT2D eigenvalue weighted by Gasteiger charge is 2.36. The van der Waals surface area contributed by atoms with Crippen molar-refractivity contribution in [2.75, 3.05) is 6.54 Å². The molecule has 1 N–H and O–H groups in total. The number of amides is 1. The Kier molecular flexibility index (Phi) is 3.88. The lowest BCUT2D eigenvalue weighted by Crippen LogP contribution is -2.44. The van der Waals surface area contributed by atoms with Crippen molar-refractivity contribution in [2.45, 2.75) is 44.2 Å². The molecule has 0 radical (unpaired) electrons. The quantitative estimate of drug-likeness (QED) is 0.742. The summed E-state index contributed by atoms with van der Waals surface area (Å²) in [7, 11) is 0. The van der Waals surface area contributed by atoms with E-state index in [9.17, 15) is 9.59 Å². The van der Waals surface area contributed by atoms with Crippen LogP contribution in [0.1, 0.15) is 60.4 Å². The molecule has 138 valence electrons. The molecule has 3 aromatic rings. The minimum absolute atomic E-state index is 0.0790. The molecule has 27 heavy (non-hydrogen) atoms. The van der Waals surface area contributed by atoms with Crippen LogP contribution in [0.25, 0.3) is 10.9 Å². The number of piperidine rings is 1. The molecule has 0 bridgehead atoms. The van der Waals surface area contributed by atoms with Crippen molar-refractivity contribution in [2.24, 2.45) is 0 Å². The van der Waals surface area contributed by atoms with E-state index in [1.54, 1.807) is 0 Å². The van der Waals surface area contributed by atoms with Gasteiger partial charge >= 0.3 is 0 Å². The zero-order valence-electron chi connectivity index (χ0n) is 15.2. The Hall–Kier alpha value is -2.82. The van der Waals surface area contributed by atoms with Crippen molar-refractivity contribution in [1.82, 2.24) is 14.5 Å². The lowest BCUT2D eigenvalue weighted by atomic mass is 9.95. The van der Waals surface area contributed by atoms with Gasteiger partial charge in [0.05, 0.1) is 11.7 Å². The fourth-order valence-electron chi connectivity index (χ4n) is 4.66. The van der Waals surface area contributed by atoms with Crippen LogP contribution < -0.4 is 0 Å². The molecule has 4 heterocycles. The molecule has 2 atom stereocenters. The van der Waals surface area contributed by atoms with Crippen molar-refractivity contribution < 1.29 is 9.59 Å². The summed E-state index contributed by atoms with van der Waals surface area (Å²) in [6.45, 7) is 0.778. The maximum Gasteiger partial charge on any atom is 0.246 e. The van der Waals surface area contributed by atoms with Crippen LogP contribution in [0.3, 0.4) is 0 Å². The predicted octanol–water partition coefficient (Wildman–Crippen LogP) is 4.24. The molecule has 1 aromatic carbocycles. The van der Waals surface area contributed by atoms with Crippen LogP contribution in [-0.2, 0) is 4.79 Å². The second-order valence-corrected chi connectivity index (χ2v) is 7.63. The number of nitrogens with zero attached hydrogens (tertiary/aromatic N) is 2. The van der Waals surface area contributed by atoms with Crippen molar-refractivity contribution in [3.8, 4) is 0 Å². The third-order valence-corrected chi connectivity index (χ3v) is 6.03. The summed E-state index contributed by atoms with van der Waals surface area (Å²) in [5.41, 5.74) is 2.89. The molecule has 5 nitrogen and oxygen atoms in total. The van der Waals surface area contributed by atoms with E-state index >= 15 is 0 Å². The highest BCUT2D eigenvalue weighted by Crippen LogP contribution is 2.36. The second kappa shape index (κ2) is 6.41. The Labute approximate surface area is 158 Å². The lowest BCUT2D eigenvalue weighted by Gasteiger charge is -2.38. The van der Waals surface area contributed by atoms with Gasteiger partial charge in [0, 0.05) is 30.4 Å². The third kappa shape index (κ3) is 2.69. The van der Waals surface area contributed by atoms with E-state index in [-0.39, 0.29) is 23.8 Å². The fraction of sp³-hybridized carbons (Fsp3) is 0.364. The number of likely N-dealkylation sites (tertiary alicyclic amines) is 1. The van der Waals surface area contributed by atoms with Crippen LogP contribution in [0.4, 0.5) is 0 Å². The number of nitrogens with one attached hydrogen (secondary N) is 1. The summed E-state index contributed by atoms with van der Waals surface area (Å²) in [6.07, 6.45) is 6.05. The molecule has 5 rings (SSSR count). The number of aromatic amines is 1. The Bertz CT molecular complexity index is 982. The van der Waals surface area contributed by atoms with Gasteiger partial charge in [-0.05, 0) is 55.3 Å². The van der Waals surface area contributed by atoms with Crippen molar-refractivity contribution in [1.29, 1.82) is 0 Å². The number of benzene rings is 1. The minimum atomic E-state index is -0.266. The van der Waals surface area contributed by atoms with E-state index in [4.69, 9.17) is 0 Å². The number of para-hydroxylation sites is 1. The molecule has 0 saturated carbocycles. The Balaban J connectivity index is 1.48. The van der Waals surface area contributed by atoms with Crippen LogP contribution in [0.15, 0.2) is 48.7 Å². The minimum Gasteiger partial charge on any atom is -0.357 e. The average Bonchev–Trinajstić information content (AvgIpc) is 3.35. The number of carbonyl (C=O) groups excluding carboxylic acids is 2. The summed E-state index contributed by atoms with van der Waals surface area (Å²) >= 11 is 0. The van der Waals surface area contributed by atoms with Gasteiger partial charge in [0.2, 0.25) is 5.91 Å². The summed E-state index contributed by atoms with van der Waals surface area (Å²) in [5, 5.41) is 1.18. The van der Waals surface area contributed by atoms with Gasteiger partial charge in [-0.3, -0.25) is 9.59 Å². The van der Waals surface area contributed by atoms with E-state index in [0.29, 0.717) is 18.5 Å². The van der Waals surface area contributed by atoms with Gasteiger partial charge < -0.3 is 14.5 Å². The van der Waals surface area contributed by atoms with Crippen LogP contribution in [0, 0.1) is 0 Å². The van der Waals surface area contributed by atoms with E-state index in [1.165, 1.54) is 5.39 Å². The van der Waals surface area contributed by atoms with Crippen molar-refractivity contribution in [3.05, 3.63) is 60.0 Å². The number of ketones is 1. The fourth-order valence-corrected chi connectivity index (χ4v) is 4.66. The van der Waals surface area contributed by atoms with Crippen LogP contribution in [0.2, 0.25) is 0 Å². The normalized spacial score (nSPS) is 22.8. The summed E-state index contributed by atoms with van der Waals surface area (Å²) in [6, 6.07) is 13.9. The monoisotopic (exact) mass is 361 g/mol. The molecular formula is C22H23N3O2. The lowest BCUT2D eigenvalue weighted by molar-refractivity contribution is -0.139. The summed E-state index contributed by atoms with van der Waals surface area (Å²) in [5.74, 6) is 0.276. The van der Waals surface area contributed by atoms with Gasteiger partial charge in [0.25, 0.3) is 0 Å². The average molecular weight is 361 g/mol. The van der Waals surface area contributed by atoms with E-state index in [0.717, 1.165) is 37.0 Å². The van der Waals surface area contributed by atoms with E-state index < -0.39 is 0 Å². The zero-order valence-corrected chi connectivity index (χ0v) is 15.2. The number of Topliss-reactive ketones (excluding diaryl/α,β-unsaturated/α-hetero) is 1. The van der Waals surface area contributed by atoms with Crippen LogP contribution in [-0.4, -0.2) is 32.7 Å². The van der Waals surface area contributed by atoms with Gasteiger partial charge in [0.15, 0.2) is 5.78 Å². The van der Waals surface area contributed by atoms with Crippen LogP contribution >= 0.6 is 0 Å². The van der Waals surface area contributed by atoms with Gasteiger partial charge in [-0.15, -0.1) is 0 Å². The number of rotatable bonds is 2. The molecular weight excluding hydrogens is 338 g/mol. The first kappa shape index (κ1) is 16.4. The zero-order chi connectivity index (χ0) is 18.4. The SMILES string of the molecule is O=C1CCC(C(=O)N2CCCCC2c2cc3ccccc3[nH]2)n2cccc21. The standard InChI is InChI=1S/C22H23N3O2/c26-21-11-10-20(24-13-5-9-19(21)24)22(27)25-12-4-3-8-18(25)17-14-15-6-1-2-7-16(15)23-17/h1-2,5-7,9,13-14,18,20,23H,3-4,8,10-12H2. The van der Waals surface area contributed by atoms with Gasteiger partial charge in [-0.25, -0.2) is 0 Å². The van der Waals surface area contributed by atoms with E-state index in [1.807, 2.05) is 39.9 Å². The third-order valence-electron chi connectivity index (χ3n) is 6.03. The number of hydrogen-bond acceptors (Lipinski definition) is 2. The molecule has 1 saturated heterocycles.